The molecular weight excluding hydrogens is 114 g/mol. The molecule has 0 aromatic carbocycles. The van der Waals surface area contributed by atoms with Crippen molar-refractivity contribution in [3.8, 4) is 0 Å². The fourth-order valence-electron chi connectivity index (χ4n) is 2.25. The smallest absolute Gasteiger partial charge is 0.0572 e. The van der Waals surface area contributed by atoms with Crippen LogP contribution >= 0.6 is 0 Å². The van der Waals surface area contributed by atoms with Gasteiger partial charge in [0.1, 0.15) is 0 Å². The topological polar surface area (TPSA) is 44.0 Å². The molecule has 2 nitrogen and oxygen atoms in total. The molecule has 0 saturated heterocycles. The van der Waals surface area contributed by atoms with Crippen LogP contribution in [0.15, 0.2) is 0 Å². The van der Waals surface area contributed by atoms with E-state index in [2.05, 4.69) is 0 Å². The lowest BCUT2D eigenvalue weighted by Crippen LogP contribution is -2.25. The van der Waals surface area contributed by atoms with E-state index in [1.165, 1.54) is 0 Å². The molecule has 2 heteroatoms. The van der Waals surface area contributed by atoms with Gasteiger partial charge in [0, 0.05) is 6.04 Å². The van der Waals surface area contributed by atoms with Gasteiger partial charge in [0.05, 0.1) is 6.10 Å². The van der Waals surface area contributed by atoms with E-state index >= 15 is 0 Å². The van der Waals surface area contributed by atoms with Crippen molar-refractivity contribution in [3.63, 3.8) is 0 Å². The average molecular weight is 126 g/mol. The Hall–Kier alpha value is -0.0800. The maximum Gasteiger partial charge on any atom is 0.0572 e. The van der Waals surface area contributed by atoms with E-state index in [9.17, 15) is 5.11 Å². The molecule has 4 atom stereocenters. The molecule has 0 aromatic rings. The zero-order valence-corrected chi connectivity index (χ0v) is 5.38. The van der Waals surface area contributed by atoms with Gasteiger partial charge < -0.3 is 5.11 Å². The van der Waals surface area contributed by atoms with Gasteiger partial charge in [-0.15, -0.1) is 0 Å². The van der Waals surface area contributed by atoms with Gasteiger partial charge in [-0.3, -0.25) is 5.73 Å². The van der Waals surface area contributed by atoms with Crippen LogP contribution in [0.25, 0.3) is 0 Å². The van der Waals surface area contributed by atoms with Gasteiger partial charge in [0.2, 0.25) is 0 Å². The van der Waals surface area contributed by atoms with Crippen LogP contribution in [0.1, 0.15) is 19.3 Å². The first-order valence-corrected chi connectivity index (χ1v) is 3.66. The first-order chi connectivity index (χ1) is 4.27. The zero-order chi connectivity index (χ0) is 6.43. The van der Waals surface area contributed by atoms with E-state index in [-0.39, 0.29) is 12.1 Å². The molecule has 2 rings (SSSR count). The summed E-state index contributed by atoms with van der Waals surface area (Å²) >= 11 is 0. The van der Waals surface area contributed by atoms with Crippen LogP contribution in [0.5, 0.6) is 0 Å². The summed E-state index contributed by atoms with van der Waals surface area (Å²) in [6.07, 6.45) is 2.91. The van der Waals surface area contributed by atoms with Crippen molar-refractivity contribution < 1.29 is 5.11 Å². The molecule has 9 heavy (non-hydrogen) atoms. The Bertz CT molecular complexity index is 108. The Kier molecular flexibility index (Phi) is 1.08. The summed E-state index contributed by atoms with van der Waals surface area (Å²) in [5.74, 6) is 1.02. The average Bonchev–Trinajstić information content (AvgIpc) is 2.24. The molecule has 0 amide bonds. The highest BCUT2D eigenvalue weighted by molar-refractivity contribution is 4.96. The number of hydrogen-bond acceptors (Lipinski definition) is 1. The summed E-state index contributed by atoms with van der Waals surface area (Å²) in [6.45, 7) is 0. The van der Waals surface area contributed by atoms with Gasteiger partial charge >= 0.3 is 0 Å². The van der Waals surface area contributed by atoms with Gasteiger partial charge in [0.15, 0.2) is 0 Å². The van der Waals surface area contributed by atoms with Crippen molar-refractivity contribution in [1.29, 1.82) is 0 Å². The third-order valence-electron chi connectivity index (χ3n) is 2.82. The van der Waals surface area contributed by atoms with Gasteiger partial charge in [-0.05, 0) is 31.1 Å². The molecule has 4 unspecified atom stereocenters. The van der Waals surface area contributed by atoms with Crippen LogP contribution in [0, 0.1) is 11.8 Å². The SMILES string of the molecule is [NH]C1CC2CC1CC2O. The van der Waals surface area contributed by atoms with E-state index in [0.29, 0.717) is 11.8 Å². The lowest BCUT2D eigenvalue weighted by molar-refractivity contribution is 0.107. The third kappa shape index (κ3) is 0.700. The van der Waals surface area contributed by atoms with Crippen LogP contribution < -0.4 is 5.73 Å². The summed E-state index contributed by atoms with van der Waals surface area (Å²) in [5.41, 5.74) is 7.50. The number of aliphatic hydroxyl groups excluding tert-OH is 1. The monoisotopic (exact) mass is 126 g/mol. The minimum atomic E-state index is -0.0587. The molecule has 51 valence electrons. The minimum Gasteiger partial charge on any atom is -0.393 e. The molecule has 2 fully saturated rings. The number of rotatable bonds is 0. The van der Waals surface area contributed by atoms with E-state index in [1.807, 2.05) is 0 Å². The lowest BCUT2D eigenvalue weighted by Gasteiger charge is -2.20. The molecule has 2 aliphatic rings. The van der Waals surface area contributed by atoms with Crippen molar-refractivity contribution in [1.82, 2.24) is 5.73 Å². The Balaban J connectivity index is 2.10. The lowest BCUT2D eigenvalue weighted by atomic mass is 9.94. The van der Waals surface area contributed by atoms with E-state index in [0.717, 1.165) is 19.3 Å². The van der Waals surface area contributed by atoms with Gasteiger partial charge in [-0.1, -0.05) is 0 Å². The standard InChI is InChI=1S/C7H12NO/c8-6-2-5-1-4(6)3-7(5)9/h4-9H,1-3H2. The number of fused-ring (bicyclic) bond motifs is 2. The summed E-state index contributed by atoms with van der Waals surface area (Å²) < 4.78 is 0. The zero-order valence-electron chi connectivity index (χ0n) is 5.38. The Labute approximate surface area is 55.1 Å². The normalized spacial score (nSPS) is 56.7. The summed E-state index contributed by atoms with van der Waals surface area (Å²) in [4.78, 5) is 0. The molecule has 0 heterocycles. The van der Waals surface area contributed by atoms with Gasteiger partial charge in [-0.25, -0.2) is 0 Å². The molecular formula is C7H12NO. The molecule has 2 bridgehead atoms. The van der Waals surface area contributed by atoms with Crippen molar-refractivity contribution in [2.75, 3.05) is 0 Å². The first kappa shape index (κ1) is 5.69. The highest BCUT2D eigenvalue weighted by Gasteiger charge is 2.43. The van der Waals surface area contributed by atoms with E-state index in [1.54, 1.807) is 0 Å². The van der Waals surface area contributed by atoms with Gasteiger partial charge in [0.25, 0.3) is 0 Å². The highest BCUT2D eigenvalue weighted by atomic mass is 16.3. The van der Waals surface area contributed by atoms with Crippen LogP contribution in [0.4, 0.5) is 0 Å². The maximum atomic E-state index is 9.25. The largest absolute Gasteiger partial charge is 0.393 e. The fourth-order valence-corrected chi connectivity index (χ4v) is 2.25. The third-order valence-corrected chi connectivity index (χ3v) is 2.82. The first-order valence-electron chi connectivity index (χ1n) is 3.66. The second kappa shape index (κ2) is 1.70. The maximum absolute atomic E-state index is 9.25. The molecule has 1 radical (unpaired) electrons. The second-order valence-corrected chi connectivity index (χ2v) is 3.40. The highest BCUT2D eigenvalue weighted by Crippen LogP contribution is 2.44. The molecule has 2 N–H and O–H groups in total. The van der Waals surface area contributed by atoms with Gasteiger partial charge in [-0.2, -0.15) is 0 Å². The molecule has 2 saturated carbocycles. The second-order valence-electron chi connectivity index (χ2n) is 3.40. The van der Waals surface area contributed by atoms with E-state index in [4.69, 9.17) is 5.73 Å². The van der Waals surface area contributed by atoms with Crippen molar-refractivity contribution in [2.24, 2.45) is 11.8 Å². The van der Waals surface area contributed by atoms with Crippen molar-refractivity contribution in [3.05, 3.63) is 0 Å². The Morgan fingerprint density at radius 2 is 1.89 bits per heavy atom. The predicted molar refractivity (Wildman–Crippen MR) is 33.7 cm³/mol. The molecule has 2 aliphatic carbocycles. The molecule has 0 aliphatic heterocycles. The van der Waals surface area contributed by atoms with Crippen LogP contribution in [0.2, 0.25) is 0 Å². The van der Waals surface area contributed by atoms with Crippen LogP contribution in [-0.4, -0.2) is 17.3 Å². The predicted octanol–water partition coefficient (Wildman–Crippen LogP) is 0.429. The fraction of sp³-hybridized carbons (Fsp3) is 1.00. The van der Waals surface area contributed by atoms with Crippen molar-refractivity contribution >= 4 is 0 Å². The Morgan fingerprint density at radius 1 is 1.11 bits per heavy atom. The molecule has 0 spiro atoms. The van der Waals surface area contributed by atoms with E-state index < -0.39 is 0 Å². The summed E-state index contributed by atoms with van der Waals surface area (Å²) in [7, 11) is 0. The minimum absolute atomic E-state index is 0.0587. The molecule has 0 aromatic heterocycles. The number of hydrogen-bond donors (Lipinski definition) is 1. The summed E-state index contributed by atoms with van der Waals surface area (Å²) in [6, 6.07) is 0.151. The van der Waals surface area contributed by atoms with Crippen LogP contribution in [0.3, 0.4) is 0 Å². The number of aliphatic hydroxyl groups is 1. The quantitative estimate of drug-likeness (QED) is 0.502. The Morgan fingerprint density at radius 3 is 2.22 bits per heavy atom. The number of nitrogens with one attached hydrogen (secondary N) is 1. The summed E-state index contributed by atoms with van der Waals surface area (Å²) in [5, 5.41) is 9.25. The van der Waals surface area contributed by atoms with Crippen LogP contribution in [-0.2, 0) is 0 Å². The van der Waals surface area contributed by atoms with Crippen molar-refractivity contribution in [2.45, 2.75) is 31.4 Å².